The summed E-state index contributed by atoms with van der Waals surface area (Å²) in [4.78, 5) is 12.5. The number of anilines is 1. The third kappa shape index (κ3) is 4.33. The van der Waals surface area contributed by atoms with E-state index in [0.717, 1.165) is 17.7 Å². The fourth-order valence-corrected chi connectivity index (χ4v) is 4.61. The summed E-state index contributed by atoms with van der Waals surface area (Å²) in [6, 6.07) is 9.07. The summed E-state index contributed by atoms with van der Waals surface area (Å²) in [5.74, 6) is -2.06. The minimum absolute atomic E-state index is 0.000969. The van der Waals surface area contributed by atoms with E-state index in [9.17, 15) is 22.0 Å². The average Bonchev–Trinajstić information content (AvgIpc) is 2.64. The van der Waals surface area contributed by atoms with E-state index in [0.29, 0.717) is 12.8 Å². The van der Waals surface area contributed by atoms with Crippen molar-refractivity contribution in [2.24, 2.45) is 5.92 Å². The highest BCUT2D eigenvalue weighted by molar-refractivity contribution is 7.89. The van der Waals surface area contributed by atoms with Crippen LogP contribution in [0.5, 0.6) is 0 Å². The van der Waals surface area contributed by atoms with Gasteiger partial charge in [0.2, 0.25) is 15.9 Å². The Balaban J connectivity index is 1.73. The average molecular weight is 394 g/mol. The zero-order valence-electron chi connectivity index (χ0n) is 14.8. The second-order valence-electron chi connectivity index (χ2n) is 6.63. The van der Waals surface area contributed by atoms with Crippen LogP contribution in [0.25, 0.3) is 0 Å². The number of aryl methyl sites for hydroxylation is 1. The number of carbonyl (C=O) groups is 1. The van der Waals surface area contributed by atoms with Crippen LogP contribution in [0, 0.1) is 24.5 Å². The molecule has 1 N–H and O–H groups in total. The molecule has 1 unspecified atom stereocenters. The molecule has 2 aromatic rings. The van der Waals surface area contributed by atoms with Crippen molar-refractivity contribution in [1.29, 1.82) is 0 Å². The monoisotopic (exact) mass is 394 g/mol. The molecular weight excluding hydrogens is 374 g/mol. The lowest BCUT2D eigenvalue weighted by Gasteiger charge is -2.31. The summed E-state index contributed by atoms with van der Waals surface area (Å²) in [7, 11) is -3.82. The maximum Gasteiger partial charge on any atom is 0.243 e. The molecule has 27 heavy (non-hydrogen) atoms. The minimum atomic E-state index is -3.82. The largest absolute Gasteiger partial charge is 0.323 e. The lowest BCUT2D eigenvalue weighted by atomic mass is 9.98. The maximum atomic E-state index is 13.9. The maximum absolute atomic E-state index is 13.9. The molecule has 0 saturated carbocycles. The first-order chi connectivity index (χ1) is 12.8. The van der Waals surface area contributed by atoms with Gasteiger partial charge < -0.3 is 5.32 Å². The number of amides is 1. The summed E-state index contributed by atoms with van der Waals surface area (Å²) in [5, 5.41) is 2.54. The zero-order chi connectivity index (χ0) is 19.6. The Morgan fingerprint density at radius 2 is 1.85 bits per heavy atom. The summed E-state index contributed by atoms with van der Waals surface area (Å²) in [6.45, 7) is 2.02. The van der Waals surface area contributed by atoms with Crippen molar-refractivity contribution < 1.29 is 22.0 Å². The van der Waals surface area contributed by atoms with E-state index in [2.05, 4.69) is 5.32 Å². The lowest BCUT2D eigenvalue weighted by molar-refractivity contribution is -0.120. The van der Waals surface area contributed by atoms with E-state index in [4.69, 9.17) is 0 Å². The minimum Gasteiger partial charge on any atom is -0.323 e. The van der Waals surface area contributed by atoms with E-state index >= 15 is 0 Å². The molecule has 0 radical (unpaired) electrons. The first-order valence-electron chi connectivity index (χ1n) is 8.60. The Hall–Kier alpha value is -2.32. The lowest BCUT2D eigenvalue weighted by Crippen LogP contribution is -2.43. The van der Waals surface area contributed by atoms with Crippen molar-refractivity contribution in [1.82, 2.24) is 4.31 Å². The molecule has 144 valence electrons. The number of piperidine rings is 1. The highest BCUT2D eigenvalue weighted by Gasteiger charge is 2.33. The van der Waals surface area contributed by atoms with Gasteiger partial charge in [-0.05, 0) is 61.7 Å². The molecule has 1 aliphatic heterocycles. The van der Waals surface area contributed by atoms with Gasteiger partial charge >= 0.3 is 0 Å². The molecule has 1 aliphatic rings. The summed E-state index contributed by atoms with van der Waals surface area (Å²) >= 11 is 0. The zero-order valence-corrected chi connectivity index (χ0v) is 15.6. The van der Waals surface area contributed by atoms with E-state index < -0.39 is 33.5 Å². The molecule has 1 fully saturated rings. The molecule has 0 aliphatic carbocycles. The van der Waals surface area contributed by atoms with Crippen LogP contribution in [-0.4, -0.2) is 31.7 Å². The van der Waals surface area contributed by atoms with Crippen LogP contribution < -0.4 is 5.32 Å². The number of hydrogen-bond donors (Lipinski definition) is 1. The van der Waals surface area contributed by atoms with Gasteiger partial charge in [-0.2, -0.15) is 4.31 Å². The summed E-state index contributed by atoms with van der Waals surface area (Å²) in [6.07, 6.45) is 1.02. The fourth-order valence-electron chi connectivity index (χ4n) is 3.09. The second kappa shape index (κ2) is 7.74. The standard InChI is InChI=1S/C19H20F2N2O3S/c1-13-4-9-18(17(21)11-13)22-19(24)14-3-2-10-23(12-14)27(25,26)16-7-5-15(20)6-8-16/h4-9,11,14H,2-3,10,12H2,1H3,(H,22,24). The molecule has 0 aromatic heterocycles. The number of nitrogens with zero attached hydrogens (tertiary/aromatic N) is 1. The first-order valence-corrected chi connectivity index (χ1v) is 10.0. The molecule has 0 spiro atoms. The van der Waals surface area contributed by atoms with Gasteiger partial charge in [-0.1, -0.05) is 6.07 Å². The quantitative estimate of drug-likeness (QED) is 0.865. The number of rotatable bonds is 4. The molecule has 1 atom stereocenters. The van der Waals surface area contributed by atoms with Gasteiger partial charge in [0.1, 0.15) is 11.6 Å². The van der Waals surface area contributed by atoms with Crippen molar-refractivity contribution in [3.8, 4) is 0 Å². The van der Waals surface area contributed by atoms with Crippen molar-refractivity contribution in [2.45, 2.75) is 24.7 Å². The smallest absolute Gasteiger partial charge is 0.243 e. The normalized spacial score (nSPS) is 18.3. The van der Waals surface area contributed by atoms with Crippen LogP contribution in [0.15, 0.2) is 47.4 Å². The van der Waals surface area contributed by atoms with Crippen LogP contribution in [0.3, 0.4) is 0 Å². The van der Waals surface area contributed by atoms with Crippen molar-refractivity contribution in [3.05, 3.63) is 59.7 Å². The van der Waals surface area contributed by atoms with Gasteiger partial charge in [0.15, 0.2) is 0 Å². The van der Waals surface area contributed by atoms with E-state index in [1.54, 1.807) is 13.0 Å². The summed E-state index contributed by atoms with van der Waals surface area (Å²) in [5.41, 5.74) is 0.809. The van der Waals surface area contributed by atoms with Crippen LogP contribution >= 0.6 is 0 Å². The molecule has 5 nitrogen and oxygen atoms in total. The SMILES string of the molecule is Cc1ccc(NC(=O)C2CCCN(S(=O)(=O)c3ccc(F)cc3)C2)c(F)c1. The molecular formula is C19H20F2N2O3S. The Labute approximate surface area is 157 Å². The Bertz CT molecular complexity index is 946. The Morgan fingerprint density at radius 1 is 1.15 bits per heavy atom. The molecule has 3 rings (SSSR count). The molecule has 1 amide bonds. The van der Waals surface area contributed by atoms with Crippen LogP contribution in [0.4, 0.5) is 14.5 Å². The van der Waals surface area contributed by atoms with E-state index in [1.165, 1.54) is 28.6 Å². The molecule has 1 heterocycles. The van der Waals surface area contributed by atoms with E-state index in [-0.39, 0.29) is 23.7 Å². The number of carbonyl (C=O) groups excluding carboxylic acids is 1. The number of hydrogen-bond acceptors (Lipinski definition) is 3. The van der Waals surface area contributed by atoms with Gasteiger partial charge in [0.25, 0.3) is 0 Å². The molecule has 0 bridgehead atoms. The second-order valence-corrected chi connectivity index (χ2v) is 8.57. The van der Waals surface area contributed by atoms with Gasteiger partial charge in [-0.3, -0.25) is 4.79 Å². The van der Waals surface area contributed by atoms with Crippen LogP contribution in [0.2, 0.25) is 0 Å². The number of nitrogens with one attached hydrogen (secondary N) is 1. The highest BCUT2D eigenvalue weighted by atomic mass is 32.2. The van der Waals surface area contributed by atoms with Crippen molar-refractivity contribution in [3.63, 3.8) is 0 Å². The predicted octanol–water partition coefficient (Wildman–Crippen LogP) is 3.31. The van der Waals surface area contributed by atoms with Gasteiger partial charge in [-0.15, -0.1) is 0 Å². The van der Waals surface area contributed by atoms with Crippen LogP contribution in [0.1, 0.15) is 18.4 Å². The predicted molar refractivity (Wildman–Crippen MR) is 97.6 cm³/mol. The molecule has 1 saturated heterocycles. The molecule has 8 heteroatoms. The third-order valence-electron chi connectivity index (χ3n) is 4.59. The van der Waals surface area contributed by atoms with Crippen molar-refractivity contribution >= 4 is 21.6 Å². The first kappa shape index (κ1) is 19.4. The molecule has 2 aromatic carbocycles. The Morgan fingerprint density at radius 3 is 2.52 bits per heavy atom. The third-order valence-corrected chi connectivity index (χ3v) is 6.47. The summed E-state index contributed by atoms with van der Waals surface area (Å²) < 4.78 is 53.7. The number of sulfonamides is 1. The number of benzene rings is 2. The highest BCUT2D eigenvalue weighted by Crippen LogP contribution is 2.25. The fraction of sp³-hybridized carbons (Fsp3) is 0.316. The Kier molecular flexibility index (Phi) is 5.57. The van der Waals surface area contributed by atoms with E-state index in [1.807, 2.05) is 0 Å². The van der Waals surface area contributed by atoms with Gasteiger partial charge in [-0.25, -0.2) is 17.2 Å². The van der Waals surface area contributed by atoms with Gasteiger partial charge in [0.05, 0.1) is 16.5 Å². The van der Waals surface area contributed by atoms with Crippen LogP contribution in [-0.2, 0) is 14.8 Å². The topological polar surface area (TPSA) is 66.5 Å². The number of halogens is 2. The van der Waals surface area contributed by atoms with Crippen molar-refractivity contribution in [2.75, 3.05) is 18.4 Å². The van der Waals surface area contributed by atoms with Gasteiger partial charge in [0, 0.05) is 13.1 Å².